The summed E-state index contributed by atoms with van der Waals surface area (Å²) in [7, 11) is 0. The van der Waals surface area contributed by atoms with Gasteiger partial charge in [-0.05, 0) is 59.9 Å². The Morgan fingerprint density at radius 2 is 1.83 bits per heavy atom. The number of anilines is 1. The van der Waals surface area contributed by atoms with Crippen molar-refractivity contribution < 1.29 is 14.3 Å². The molecule has 0 aliphatic heterocycles. The number of aromatic nitrogens is 1. The number of nitrogens with one attached hydrogen (secondary N) is 1. The number of hydrogen-bond donors (Lipinski definition) is 1. The maximum Gasteiger partial charge on any atom is 0.339 e. The lowest BCUT2D eigenvalue weighted by Gasteiger charge is -2.13. The van der Waals surface area contributed by atoms with Crippen LogP contribution in [-0.2, 0) is 16.0 Å². The first-order valence-electron chi connectivity index (χ1n) is 11.4. The van der Waals surface area contributed by atoms with Gasteiger partial charge in [0.05, 0.1) is 28.0 Å². The van der Waals surface area contributed by atoms with Crippen LogP contribution in [0, 0.1) is 11.3 Å². The molecule has 0 fully saturated rings. The Labute approximate surface area is 212 Å². The van der Waals surface area contributed by atoms with Crippen LogP contribution in [0.1, 0.15) is 39.2 Å². The van der Waals surface area contributed by atoms with Crippen LogP contribution in [0.5, 0.6) is 0 Å². The van der Waals surface area contributed by atoms with Crippen molar-refractivity contribution in [1.82, 2.24) is 4.98 Å². The number of pyridine rings is 1. The predicted molar refractivity (Wildman–Crippen MR) is 139 cm³/mol. The monoisotopic (exact) mass is 493 g/mol. The number of rotatable bonds is 5. The lowest BCUT2D eigenvalue weighted by Crippen LogP contribution is -2.22. The molecule has 0 unspecified atom stereocenters. The summed E-state index contributed by atoms with van der Waals surface area (Å²) in [5.41, 5.74) is 5.36. The van der Waals surface area contributed by atoms with Gasteiger partial charge in [0, 0.05) is 10.4 Å². The van der Waals surface area contributed by atoms with Gasteiger partial charge in [0.15, 0.2) is 6.61 Å². The normalized spacial score (nSPS) is 13.3. The van der Waals surface area contributed by atoms with E-state index >= 15 is 0 Å². The van der Waals surface area contributed by atoms with Gasteiger partial charge in [-0.3, -0.25) is 4.79 Å². The first-order valence-corrected chi connectivity index (χ1v) is 11.8. The van der Waals surface area contributed by atoms with Gasteiger partial charge in [0.2, 0.25) is 0 Å². The van der Waals surface area contributed by atoms with Crippen molar-refractivity contribution in [2.75, 3.05) is 11.9 Å². The number of carbonyl (C=O) groups excluding carboxylic acids is 2. The zero-order chi connectivity index (χ0) is 25.1. The summed E-state index contributed by atoms with van der Waals surface area (Å²) < 4.78 is 5.44. The van der Waals surface area contributed by atoms with Crippen LogP contribution in [0.3, 0.4) is 0 Å². The molecule has 4 aromatic rings. The van der Waals surface area contributed by atoms with Gasteiger partial charge in [-0.1, -0.05) is 60.1 Å². The molecule has 7 heteroatoms. The zero-order valence-corrected chi connectivity index (χ0v) is 19.9. The highest BCUT2D eigenvalue weighted by molar-refractivity contribution is 6.31. The molecule has 0 bridgehead atoms. The Kier molecular flexibility index (Phi) is 6.48. The van der Waals surface area contributed by atoms with Crippen LogP contribution in [-0.4, -0.2) is 23.5 Å². The van der Waals surface area contributed by atoms with Crippen molar-refractivity contribution >= 4 is 51.7 Å². The van der Waals surface area contributed by atoms with Crippen molar-refractivity contribution in [3.05, 3.63) is 106 Å². The van der Waals surface area contributed by atoms with E-state index in [0.717, 1.165) is 28.8 Å². The third kappa shape index (κ3) is 4.70. The number of allylic oxidation sites excluding steroid dienone is 1. The van der Waals surface area contributed by atoms with Gasteiger partial charge in [-0.25, -0.2) is 9.78 Å². The Hall–Kier alpha value is -4.47. The summed E-state index contributed by atoms with van der Waals surface area (Å²) in [5, 5.41) is 12.9. The summed E-state index contributed by atoms with van der Waals surface area (Å²) in [6.07, 6.45) is 3.49. The van der Waals surface area contributed by atoms with Gasteiger partial charge >= 0.3 is 5.97 Å². The second-order valence-corrected chi connectivity index (χ2v) is 8.77. The number of carbonyl (C=O) groups is 2. The van der Waals surface area contributed by atoms with Crippen molar-refractivity contribution in [3.63, 3.8) is 0 Å². The molecule has 36 heavy (non-hydrogen) atoms. The SMILES string of the molecule is N#Cc1ccc(Cl)cc1NC(=O)COC(=O)c1c2c(nc3ccccc13)/C(=C\c1ccccc1)CC2. The van der Waals surface area contributed by atoms with Crippen LogP contribution in [0.2, 0.25) is 5.02 Å². The molecule has 5 rings (SSSR count). The minimum atomic E-state index is -0.590. The summed E-state index contributed by atoms with van der Waals surface area (Å²) in [6.45, 7) is -0.506. The van der Waals surface area contributed by atoms with E-state index in [1.807, 2.05) is 60.7 Å². The molecule has 1 heterocycles. The minimum Gasteiger partial charge on any atom is -0.452 e. The van der Waals surface area contributed by atoms with Gasteiger partial charge < -0.3 is 10.1 Å². The molecule has 1 aliphatic rings. The summed E-state index contributed by atoms with van der Waals surface area (Å²) in [4.78, 5) is 30.7. The maximum absolute atomic E-state index is 13.3. The molecule has 0 atom stereocenters. The van der Waals surface area contributed by atoms with Crippen LogP contribution in [0.15, 0.2) is 72.8 Å². The number of benzene rings is 3. The highest BCUT2D eigenvalue weighted by atomic mass is 35.5. The lowest BCUT2D eigenvalue weighted by atomic mass is 10.0. The number of esters is 1. The Morgan fingerprint density at radius 1 is 1.06 bits per heavy atom. The molecule has 1 aliphatic carbocycles. The average molecular weight is 494 g/mol. The van der Waals surface area contributed by atoms with Crippen LogP contribution in [0.25, 0.3) is 22.6 Å². The largest absolute Gasteiger partial charge is 0.452 e. The molecule has 0 saturated heterocycles. The Morgan fingerprint density at radius 3 is 2.64 bits per heavy atom. The van der Waals surface area contributed by atoms with E-state index in [-0.39, 0.29) is 11.3 Å². The van der Waals surface area contributed by atoms with E-state index in [2.05, 4.69) is 11.4 Å². The van der Waals surface area contributed by atoms with E-state index in [4.69, 9.17) is 21.3 Å². The molecule has 0 radical (unpaired) electrons. The van der Waals surface area contributed by atoms with Crippen molar-refractivity contribution in [3.8, 4) is 6.07 Å². The van der Waals surface area contributed by atoms with E-state index in [9.17, 15) is 14.9 Å². The maximum atomic E-state index is 13.3. The van der Waals surface area contributed by atoms with Crippen molar-refractivity contribution in [2.45, 2.75) is 12.8 Å². The summed E-state index contributed by atoms with van der Waals surface area (Å²) >= 11 is 5.98. The molecule has 6 nitrogen and oxygen atoms in total. The van der Waals surface area contributed by atoms with Crippen LogP contribution >= 0.6 is 11.6 Å². The summed E-state index contributed by atoms with van der Waals surface area (Å²) in [5.74, 6) is -1.16. The smallest absolute Gasteiger partial charge is 0.339 e. The number of nitrogens with zero attached hydrogens (tertiary/aromatic N) is 2. The second-order valence-electron chi connectivity index (χ2n) is 8.34. The molecule has 176 valence electrons. The van der Waals surface area contributed by atoms with Gasteiger partial charge in [0.25, 0.3) is 5.91 Å². The number of ether oxygens (including phenoxy) is 1. The van der Waals surface area contributed by atoms with E-state index in [0.29, 0.717) is 27.9 Å². The lowest BCUT2D eigenvalue weighted by molar-refractivity contribution is -0.119. The van der Waals surface area contributed by atoms with Crippen molar-refractivity contribution in [1.29, 1.82) is 5.26 Å². The van der Waals surface area contributed by atoms with Crippen LogP contribution in [0.4, 0.5) is 5.69 Å². The van der Waals surface area contributed by atoms with Gasteiger partial charge in [0.1, 0.15) is 6.07 Å². The number of fused-ring (bicyclic) bond motifs is 2. The average Bonchev–Trinajstić information content (AvgIpc) is 3.28. The fraction of sp³-hybridized carbons (Fsp3) is 0.103. The highest BCUT2D eigenvalue weighted by Crippen LogP contribution is 2.37. The predicted octanol–water partition coefficient (Wildman–Crippen LogP) is 6.04. The van der Waals surface area contributed by atoms with Gasteiger partial charge in [-0.15, -0.1) is 0 Å². The minimum absolute atomic E-state index is 0.259. The number of nitriles is 1. The number of amides is 1. The Bertz CT molecular complexity index is 1570. The first-order chi connectivity index (χ1) is 17.5. The molecule has 1 N–H and O–H groups in total. The summed E-state index contributed by atoms with van der Waals surface area (Å²) in [6, 6.07) is 23.9. The standard InChI is InChI=1S/C29H20ClN3O3/c30-21-12-10-20(16-31)25(15-21)32-26(34)17-36-29(35)27-22-8-4-5-9-24(22)33-28-19(11-13-23(27)28)14-18-6-2-1-3-7-18/h1-10,12,14-15H,11,13,17H2,(H,32,34)/b19-14-. The molecule has 0 spiro atoms. The quantitative estimate of drug-likeness (QED) is 0.342. The number of halogens is 1. The second kappa shape index (κ2) is 10.0. The first kappa shape index (κ1) is 23.3. The molecular weight excluding hydrogens is 474 g/mol. The molecule has 1 amide bonds. The molecule has 0 saturated carbocycles. The molecular formula is C29H20ClN3O3. The van der Waals surface area contributed by atoms with E-state index in [1.54, 1.807) is 6.07 Å². The van der Waals surface area contributed by atoms with Crippen molar-refractivity contribution in [2.24, 2.45) is 0 Å². The van der Waals surface area contributed by atoms with E-state index < -0.39 is 18.5 Å². The third-order valence-electron chi connectivity index (χ3n) is 6.00. The Balaban J connectivity index is 1.42. The number of hydrogen-bond acceptors (Lipinski definition) is 5. The third-order valence-corrected chi connectivity index (χ3v) is 6.23. The zero-order valence-electron chi connectivity index (χ0n) is 19.1. The number of para-hydroxylation sites is 1. The molecule has 1 aromatic heterocycles. The fourth-order valence-corrected chi connectivity index (χ4v) is 4.54. The molecule has 3 aromatic carbocycles. The van der Waals surface area contributed by atoms with Gasteiger partial charge in [-0.2, -0.15) is 5.26 Å². The van der Waals surface area contributed by atoms with E-state index in [1.165, 1.54) is 12.1 Å². The highest BCUT2D eigenvalue weighted by Gasteiger charge is 2.28. The topological polar surface area (TPSA) is 92.1 Å². The van der Waals surface area contributed by atoms with Crippen LogP contribution < -0.4 is 5.32 Å². The fourth-order valence-electron chi connectivity index (χ4n) is 4.37.